The number of hydrogen-bond donors (Lipinski definition) is 2. The summed E-state index contributed by atoms with van der Waals surface area (Å²) < 4.78 is 0. The molecule has 5 heteroatoms. The molecule has 0 fully saturated rings. The van der Waals surface area contributed by atoms with Crippen LogP contribution < -0.4 is 10.6 Å². The molecule has 19 heavy (non-hydrogen) atoms. The first kappa shape index (κ1) is 15.7. The zero-order valence-corrected chi connectivity index (χ0v) is 12.8. The molecule has 0 bridgehead atoms. The third-order valence-corrected chi connectivity index (χ3v) is 3.69. The maximum Gasteiger partial charge on any atom is 0.261 e. The van der Waals surface area contributed by atoms with Gasteiger partial charge in [-0.1, -0.05) is 19.4 Å². The minimum atomic E-state index is -0.536. The molecule has 4 nitrogen and oxygen atoms in total. The smallest absolute Gasteiger partial charge is 0.261 e. The lowest BCUT2D eigenvalue weighted by Gasteiger charge is -2.27. The first-order valence-electron chi connectivity index (χ1n) is 6.52. The van der Waals surface area contributed by atoms with Gasteiger partial charge in [0.15, 0.2) is 0 Å². The highest BCUT2D eigenvalue weighted by Crippen LogP contribution is 2.11. The molecule has 1 rings (SSSR count). The van der Waals surface area contributed by atoms with Crippen LogP contribution in [0.4, 0.5) is 0 Å². The maximum atomic E-state index is 12.0. The SMILES string of the molecule is CCCC(C)(C)NC(=O)C(C)NC(=O)c1cccs1. The van der Waals surface area contributed by atoms with Crippen molar-refractivity contribution < 1.29 is 9.59 Å². The lowest BCUT2D eigenvalue weighted by atomic mass is 9.98. The molecule has 1 heterocycles. The molecule has 1 aromatic rings. The van der Waals surface area contributed by atoms with Gasteiger partial charge in [0.05, 0.1) is 4.88 Å². The average Bonchev–Trinajstić information content (AvgIpc) is 2.81. The Bertz CT molecular complexity index is 427. The largest absolute Gasteiger partial charge is 0.349 e. The van der Waals surface area contributed by atoms with Gasteiger partial charge < -0.3 is 10.6 Å². The van der Waals surface area contributed by atoms with E-state index in [0.29, 0.717) is 4.88 Å². The summed E-state index contributed by atoms with van der Waals surface area (Å²) in [7, 11) is 0. The topological polar surface area (TPSA) is 58.2 Å². The van der Waals surface area contributed by atoms with Crippen LogP contribution in [-0.2, 0) is 4.79 Å². The van der Waals surface area contributed by atoms with Crippen LogP contribution in [0.1, 0.15) is 50.2 Å². The van der Waals surface area contributed by atoms with Crippen molar-refractivity contribution in [2.45, 2.75) is 52.1 Å². The van der Waals surface area contributed by atoms with Crippen molar-refractivity contribution in [2.24, 2.45) is 0 Å². The van der Waals surface area contributed by atoms with Crippen LogP contribution in [0.25, 0.3) is 0 Å². The molecule has 2 N–H and O–H groups in total. The number of carbonyl (C=O) groups excluding carboxylic acids is 2. The molecular formula is C14H22N2O2S. The Kier molecular flexibility index (Phi) is 5.54. The van der Waals surface area contributed by atoms with E-state index in [9.17, 15) is 9.59 Å². The van der Waals surface area contributed by atoms with Gasteiger partial charge in [0.25, 0.3) is 5.91 Å². The zero-order valence-electron chi connectivity index (χ0n) is 11.9. The zero-order chi connectivity index (χ0) is 14.5. The van der Waals surface area contributed by atoms with Gasteiger partial charge in [-0.25, -0.2) is 0 Å². The van der Waals surface area contributed by atoms with Crippen molar-refractivity contribution in [3.8, 4) is 0 Å². The number of rotatable bonds is 6. The predicted molar refractivity (Wildman–Crippen MR) is 78.4 cm³/mol. The molecular weight excluding hydrogens is 260 g/mol. The van der Waals surface area contributed by atoms with E-state index in [1.54, 1.807) is 13.0 Å². The third-order valence-electron chi connectivity index (χ3n) is 2.82. The summed E-state index contributed by atoms with van der Waals surface area (Å²) in [6.07, 6.45) is 1.91. The molecule has 0 aliphatic rings. The van der Waals surface area contributed by atoms with Crippen LogP contribution in [0.5, 0.6) is 0 Å². The summed E-state index contributed by atoms with van der Waals surface area (Å²) >= 11 is 1.36. The minimum absolute atomic E-state index is 0.150. The van der Waals surface area contributed by atoms with Gasteiger partial charge >= 0.3 is 0 Å². The van der Waals surface area contributed by atoms with Gasteiger partial charge in [-0.05, 0) is 38.6 Å². The summed E-state index contributed by atoms with van der Waals surface area (Å²) in [5.41, 5.74) is -0.242. The number of nitrogens with one attached hydrogen (secondary N) is 2. The molecule has 0 saturated heterocycles. The van der Waals surface area contributed by atoms with Gasteiger partial charge in [0.2, 0.25) is 5.91 Å². The molecule has 0 aromatic carbocycles. The molecule has 1 unspecified atom stereocenters. The maximum absolute atomic E-state index is 12.0. The fourth-order valence-corrected chi connectivity index (χ4v) is 2.50. The monoisotopic (exact) mass is 282 g/mol. The second kappa shape index (κ2) is 6.70. The van der Waals surface area contributed by atoms with Crippen molar-refractivity contribution in [3.05, 3.63) is 22.4 Å². The van der Waals surface area contributed by atoms with E-state index in [1.165, 1.54) is 11.3 Å². The van der Waals surface area contributed by atoms with Crippen LogP contribution in [0, 0.1) is 0 Å². The molecule has 0 radical (unpaired) electrons. The van der Waals surface area contributed by atoms with E-state index in [-0.39, 0.29) is 17.4 Å². The fraction of sp³-hybridized carbons (Fsp3) is 0.571. The van der Waals surface area contributed by atoms with Crippen LogP contribution in [0.2, 0.25) is 0 Å². The average molecular weight is 282 g/mol. The molecule has 0 saturated carbocycles. The quantitative estimate of drug-likeness (QED) is 0.842. The summed E-state index contributed by atoms with van der Waals surface area (Å²) in [4.78, 5) is 24.5. The highest BCUT2D eigenvalue weighted by atomic mass is 32.1. The van der Waals surface area contributed by atoms with E-state index < -0.39 is 6.04 Å². The van der Waals surface area contributed by atoms with Crippen LogP contribution in [-0.4, -0.2) is 23.4 Å². The Morgan fingerprint density at radius 3 is 2.63 bits per heavy atom. The van der Waals surface area contributed by atoms with Crippen LogP contribution in [0.15, 0.2) is 17.5 Å². The summed E-state index contributed by atoms with van der Waals surface area (Å²) in [5.74, 6) is -0.352. The Morgan fingerprint density at radius 1 is 1.42 bits per heavy atom. The van der Waals surface area contributed by atoms with Gasteiger partial charge in [-0.15, -0.1) is 11.3 Å². The van der Waals surface area contributed by atoms with Crippen molar-refractivity contribution in [2.75, 3.05) is 0 Å². The van der Waals surface area contributed by atoms with Crippen LogP contribution in [0.3, 0.4) is 0 Å². The number of thiophene rings is 1. The Balaban J connectivity index is 2.51. The molecule has 0 aliphatic carbocycles. The lowest BCUT2D eigenvalue weighted by molar-refractivity contribution is -0.124. The Hall–Kier alpha value is -1.36. The van der Waals surface area contributed by atoms with Gasteiger partial charge in [0.1, 0.15) is 6.04 Å². The lowest BCUT2D eigenvalue weighted by Crippen LogP contribution is -2.52. The molecule has 2 amide bonds. The number of hydrogen-bond acceptors (Lipinski definition) is 3. The van der Waals surface area contributed by atoms with E-state index in [1.807, 2.05) is 25.3 Å². The molecule has 106 valence electrons. The normalized spacial score (nSPS) is 12.8. The van der Waals surface area contributed by atoms with E-state index in [0.717, 1.165) is 12.8 Å². The number of amides is 2. The molecule has 0 aliphatic heterocycles. The summed E-state index contributed by atoms with van der Waals surface area (Å²) in [5, 5.41) is 7.50. The molecule has 0 spiro atoms. The molecule has 1 atom stereocenters. The summed E-state index contributed by atoms with van der Waals surface area (Å²) in [6, 6.07) is 3.02. The highest BCUT2D eigenvalue weighted by Gasteiger charge is 2.23. The van der Waals surface area contributed by atoms with Gasteiger partial charge in [-0.2, -0.15) is 0 Å². The summed E-state index contributed by atoms with van der Waals surface area (Å²) in [6.45, 7) is 7.75. The van der Waals surface area contributed by atoms with Crippen molar-refractivity contribution in [3.63, 3.8) is 0 Å². The van der Waals surface area contributed by atoms with Gasteiger partial charge in [0, 0.05) is 5.54 Å². The fourth-order valence-electron chi connectivity index (χ4n) is 1.87. The predicted octanol–water partition coefficient (Wildman–Crippen LogP) is 2.56. The standard InChI is InChI=1S/C14H22N2O2S/c1-5-8-14(3,4)16-12(17)10(2)15-13(18)11-7-6-9-19-11/h6-7,9-10H,5,8H2,1-4H3,(H,15,18)(H,16,17). The first-order chi connectivity index (χ1) is 8.85. The third kappa shape index (κ3) is 5.03. The second-order valence-corrected chi connectivity index (χ2v) is 6.24. The van der Waals surface area contributed by atoms with E-state index in [4.69, 9.17) is 0 Å². The first-order valence-corrected chi connectivity index (χ1v) is 7.40. The van der Waals surface area contributed by atoms with Gasteiger partial charge in [-0.3, -0.25) is 9.59 Å². The van der Waals surface area contributed by atoms with Crippen molar-refractivity contribution in [1.82, 2.24) is 10.6 Å². The van der Waals surface area contributed by atoms with Crippen molar-refractivity contribution >= 4 is 23.2 Å². The highest BCUT2D eigenvalue weighted by molar-refractivity contribution is 7.12. The van der Waals surface area contributed by atoms with E-state index in [2.05, 4.69) is 17.6 Å². The van der Waals surface area contributed by atoms with E-state index >= 15 is 0 Å². The minimum Gasteiger partial charge on any atom is -0.349 e. The number of carbonyl (C=O) groups is 2. The second-order valence-electron chi connectivity index (χ2n) is 5.30. The van der Waals surface area contributed by atoms with Crippen molar-refractivity contribution in [1.29, 1.82) is 0 Å². The Labute approximate surface area is 118 Å². The Morgan fingerprint density at radius 2 is 2.11 bits per heavy atom. The van der Waals surface area contributed by atoms with Crippen LogP contribution >= 0.6 is 11.3 Å². The molecule has 1 aromatic heterocycles.